The predicted molar refractivity (Wildman–Crippen MR) is 74.4 cm³/mol. The second-order valence-electron chi connectivity index (χ2n) is 5.53. The van der Waals surface area contributed by atoms with Gasteiger partial charge < -0.3 is 4.74 Å². The molecule has 0 aliphatic heterocycles. The van der Waals surface area contributed by atoms with Crippen molar-refractivity contribution in [3.05, 3.63) is 36.2 Å². The summed E-state index contributed by atoms with van der Waals surface area (Å²) in [4.78, 5) is 3.94. The van der Waals surface area contributed by atoms with Crippen LogP contribution in [0.1, 0.15) is 31.2 Å². The van der Waals surface area contributed by atoms with Gasteiger partial charge in [-0.05, 0) is 29.9 Å². The normalized spacial score (nSPS) is 21.5. The van der Waals surface area contributed by atoms with Crippen molar-refractivity contribution in [2.75, 3.05) is 6.61 Å². The highest BCUT2D eigenvalue weighted by atomic mass is 19.4. The number of alkyl halides is 3. The maximum atomic E-state index is 12.3. The Morgan fingerprint density at radius 1 is 1.29 bits per heavy atom. The van der Waals surface area contributed by atoms with Gasteiger partial charge in [0.1, 0.15) is 5.75 Å². The first kappa shape index (κ1) is 14.2. The second-order valence-corrected chi connectivity index (χ2v) is 5.53. The SMILES string of the molecule is CC[C@H]1C[C@@H]1c1ccc2cncc(OCC(F)(F)F)c2c1. The average Bonchev–Trinajstić information content (AvgIpc) is 3.23. The average molecular weight is 295 g/mol. The van der Waals surface area contributed by atoms with Crippen molar-refractivity contribution in [1.29, 1.82) is 0 Å². The van der Waals surface area contributed by atoms with Crippen LogP contribution in [-0.4, -0.2) is 17.8 Å². The molecule has 0 radical (unpaired) electrons. The topological polar surface area (TPSA) is 22.1 Å². The van der Waals surface area contributed by atoms with Crippen molar-refractivity contribution >= 4 is 10.8 Å². The molecule has 1 aromatic heterocycles. The molecule has 0 N–H and O–H groups in total. The summed E-state index contributed by atoms with van der Waals surface area (Å²) in [6.07, 6.45) is 0.942. The van der Waals surface area contributed by atoms with Crippen LogP contribution in [0.5, 0.6) is 5.75 Å². The zero-order chi connectivity index (χ0) is 15.0. The first-order chi connectivity index (χ1) is 9.98. The minimum Gasteiger partial charge on any atom is -0.482 e. The molecule has 3 rings (SSSR count). The molecule has 0 spiro atoms. The first-order valence-electron chi connectivity index (χ1n) is 7.05. The molecule has 1 heterocycles. The van der Waals surface area contributed by atoms with Gasteiger partial charge in [0, 0.05) is 17.0 Å². The summed E-state index contributed by atoms with van der Waals surface area (Å²) >= 11 is 0. The summed E-state index contributed by atoms with van der Waals surface area (Å²) in [6.45, 7) is 0.868. The van der Waals surface area contributed by atoms with E-state index < -0.39 is 12.8 Å². The predicted octanol–water partition coefficient (Wildman–Crippen LogP) is 4.69. The van der Waals surface area contributed by atoms with Gasteiger partial charge in [-0.1, -0.05) is 25.5 Å². The summed E-state index contributed by atoms with van der Waals surface area (Å²) < 4.78 is 41.8. The Kier molecular flexibility index (Phi) is 3.51. The Morgan fingerprint density at radius 2 is 2.10 bits per heavy atom. The van der Waals surface area contributed by atoms with E-state index in [1.54, 1.807) is 6.20 Å². The van der Waals surface area contributed by atoms with Gasteiger partial charge in [0.2, 0.25) is 0 Å². The highest BCUT2D eigenvalue weighted by molar-refractivity contribution is 5.88. The van der Waals surface area contributed by atoms with E-state index in [9.17, 15) is 13.2 Å². The number of aromatic nitrogens is 1. The van der Waals surface area contributed by atoms with Gasteiger partial charge in [0.15, 0.2) is 6.61 Å². The van der Waals surface area contributed by atoms with Crippen molar-refractivity contribution in [2.24, 2.45) is 5.92 Å². The van der Waals surface area contributed by atoms with Gasteiger partial charge in [0.25, 0.3) is 0 Å². The molecule has 0 unspecified atom stereocenters. The molecule has 1 aliphatic carbocycles. The lowest BCUT2D eigenvalue weighted by molar-refractivity contribution is -0.153. The van der Waals surface area contributed by atoms with Crippen LogP contribution in [-0.2, 0) is 0 Å². The quantitative estimate of drug-likeness (QED) is 0.816. The second kappa shape index (κ2) is 5.20. The molecule has 21 heavy (non-hydrogen) atoms. The van der Waals surface area contributed by atoms with E-state index in [4.69, 9.17) is 4.74 Å². The molecule has 1 aliphatic rings. The zero-order valence-corrected chi connectivity index (χ0v) is 11.7. The van der Waals surface area contributed by atoms with E-state index in [0.717, 1.165) is 18.2 Å². The summed E-state index contributed by atoms with van der Waals surface area (Å²) in [5.74, 6) is 1.42. The van der Waals surface area contributed by atoms with Gasteiger partial charge >= 0.3 is 6.18 Å². The van der Waals surface area contributed by atoms with Crippen LogP contribution in [0.2, 0.25) is 0 Å². The third kappa shape index (κ3) is 3.12. The van der Waals surface area contributed by atoms with E-state index in [1.807, 2.05) is 18.2 Å². The van der Waals surface area contributed by atoms with Crippen molar-refractivity contribution in [3.8, 4) is 5.75 Å². The van der Waals surface area contributed by atoms with Crippen molar-refractivity contribution in [1.82, 2.24) is 4.98 Å². The van der Waals surface area contributed by atoms with Gasteiger partial charge in [-0.15, -0.1) is 0 Å². The fraction of sp³-hybridized carbons (Fsp3) is 0.438. The van der Waals surface area contributed by atoms with Crippen molar-refractivity contribution in [3.63, 3.8) is 0 Å². The summed E-state index contributed by atoms with van der Waals surface area (Å²) in [5, 5.41) is 1.50. The van der Waals surface area contributed by atoms with Gasteiger partial charge in [-0.25, -0.2) is 0 Å². The lowest BCUT2D eigenvalue weighted by Crippen LogP contribution is -2.19. The van der Waals surface area contributed by atoms with Crippen LogP contribution >= 0.6 is 0 Å². The van der Waals surface area contributed by atoms with Crippen molar-refractivity contribution in [2.45, 2.75) is 31.9 Å². The van der Waals surface area contributed by atoms with E-state index in [1.165, 1.54) is 11.8 Å². The van der Waals surface area contributed by atoms with Crippen LogP contribution in [0.15, 0.2) is 30.6 Å². The van der Waals surface area contributed by atoms with E-state index in [-0.39, 0.29) is 5.75 Å². The van der Waals surface area contributed by atoms with Crippen LogP contribution in [0.4, 0.5) is 13.2 Å². The van der Waals surface area contributed by atoms with E-state index in [2.05, 4.69) is 11.9 Å². The summed E-state index contributed by atoms with van der Waals surface area (Å²) in [6, 6.07) is 5.89. The number of ether oxygens (including phenoxy) is 1. The molecule has 0 amide bonds. The molecule has 1 saturated carbocycles. The Morgan fingerprint density at radius 3 is 2.76 bits per heavy atom. The smallest absolute Gasteiger partial charge is 0.422 e. The Balaban J connectivity index is 1.91. The molecule has 2 aromatic rings. The fourth-order valence-corrected chi connectivity index (χ4v) is 2.77. The fourth-order valence-electron chi connectivity index (χ4n) is 2.77. The number of hydrogen-bond donors (Lipinski definition) is 0. The molecular formula is C16H16F3NO. The zero-order valence-electron chi connectivity index (χ0n) is 11.7. The van der Waals surface area contributed by atoms with Crippen LogP contribution in [0.25, 0.3) is 10.8 Å². The molecule has 0 saturated heterocycles. The number of hydrogen-bond acceptors (Lipinski definition) is 2. The summed E-state index contributed by atoms with van der Waals surface area (Å²) in [7, 11) is 0. The minimum atomic E-state index is -4.34. The number of rotatable bonds is 4. The monoisotopic (exact) mass is 295 g/mol. The van der Waals surface area contributed by atoms with Gasteiger partial charge in [-0.3, -0.25) is 4.98 Å². The summed E-state index contributed by atoms with van der Waals surface area (Å²) in [5.41, 5.74) is 1.18. The molecule has 2 nitrogen and oxygen atoms in total. The highest BCUT2D eigenvalue weighted by Crippen LogP contribution is 2.50. The molecule has 5 heteroatoms. The number of halogens is 3. The lowest BCUT2D eigenvalue weighted by Gasteiger charge is -2.12. The van der Waals surface area contributed by atoms with Crippen molar-refractivity contribution < 1.29 is 17.9 Å². The third-order valence-electron chi connectivity index (χ3n) is 4.01. The van der Waals surface area contributed by atoms with Gasteiger partial charge in [0.05, 0.1) is 6.20 Å². The van der Waals surface area contributed by atoms with Crippen LogP contribution < -0.4 is 4.74 Å². The van der Waals surface area contributed by atoms with E-state index >= 15 is 0 Å². The number of nitrogens with zero attached hydrogens (tertiary/aromatic N) is 1. The van der Waals surface area contributed by atoms with Crippen LogP contribution in [0, 0.1) is 5.92 Å². The Bertz CT molecular complexity index is 654. The molecule has 112 valence electrons. The number of fused-ring (bicyclic) bond motifs is 1. The molecule has 1 aromatic carbocycles. The largest absolute Gasteiger partial charge is 0.482 e. The molecular weight excluding hydrogens is 279 g/mol. The van der Waals surface area contributed by atoms with E-state index in [0.29, 0.717) is 17.2 Å². The maximum Gasteiger partial charge on any atom is 0.422 e. The molecule has 2 atom stereocenters. The highest BCUT2D eigenvalue weighted by Gasteiger charge is 2.36. The Labute approximate surface area is 120 Å². The minimum absolute atomic E-state index is 0.195. The maximum absolute atomic E-state index is 12.3. The number of pyridine rings is 1. The molecule has 0 bridgehead atoms. The van der Waals surface area contributed by atoms with Crippen LogP contribution in [0.3, 0.4) is 0 Å². The Hall–Kier alpha value is -1.78. The standard InChI is InChI=1S/C16H16F3NO/c1-2-10-5-13(10)11-3-4-12-7-20-8-15(14(12)6-11)21-9-16(17,18)19/h3-4,6-8,10,13H,2,5,9H2,1H3/t10-,13-/m0/s1. The third-order valence-corrected chi connectivity index (χ3v) is 4.01. The lowest BCUT2D eigenvalue weighted by atomic mass is 10.0. The first-order valence-corrected chi connectivity index (χ1v) is 7.05. The molecule has 1 fully saturated rings. The number of benzene rings is 1. The van der Waals surface area contributed by atoms with Gasteiger partial charge in [-0.2, -0.15) is 13.2 Å².